The first-order valence-electron chi connectivity index (χ1n) is 9.00. The number of hydrogen-bond acceptors (Lipinski definition) is 4. The van der Waals surface area contributed by atoms with Crippen molar-refractivity contribution < 1.29 is 9.59 Å². The fourth-order valence-corrected chi connectivity index (χ4v) is 4.77. The van der Waals surface area contributed by atoms with Gasteiger partial charge in [0.05, 0.1) is 5.69 Å². The van der Waals surface area contributed by atoms with Crippen LogP contribution in [0.5, 0.6) is 0 Å². The monoisotopic (exact) mass is 392 g/mol. The summed E-state index contributed by atoms with van der Waals surface area (Å²) >= 11 is 7.65. The Morgan fingerprint density at radius 2 is 1.85 bits per heavy atom. The molecule has 4 rings (SSSR count). The summed E-state index contributed by atoms with van der Waals surface area (Å²) in [6.45, 7) is 2.40. The second-order valence-electron chi connectivity index (χ2n) is 6.81. The number of carbonyl (C=O) groups is 2. The maximum absolute atomic E-state index is 12.5. The van der Waals surface area contributed by atoms with Gasteiger partial charge in [0.2, 0.25) is 11.8 Å². The molecular weight excluding hydrogens is 372 g/mol. The van der Waals surface area contributed by atoms with Crippen LogP contribution in [0, 0.1) is 5.92 Å². The van der Waals surface area contributed by atoms with Gasteiger partial charge in [-0.05, 0) is 18.9 Å². The van der Waals surface area contributed by atoms with Crippen LogP contribution >= 0.6 is 22.9 Å². The Morgan fingerprint density at radius 1 is 1.15 bits per heavy atom. The fraction of sp³-hybridized carbons (Fsp3) is 0.500. The lowest BCUT2D eigenvalue weighted by Gasteiger charge is -2.35. The van der Waals surface area contributed by atoms with Crippen molar-refractivity contribution in [1.82, 2.24) is 19.2 Å². The Morgan fingerprint density at radius 3 is 2.58 bits per heavy atom. The third-order valence-electron chi connectivity index (χ3n) is 5.25. The highest BCUT2D eigenvalue weighted by Crippen LogP contribution is 2.27. The van der Waals surface area contributed by atoms with Crippen LogP contribution in [-0.2, 0) is 9.59 Å². The van der Waals surface area contributed by atoms with Gasteiger partial charge in [0.1, 0.15) is 0 Å². The van der Waals surface area contributed by atoms with E-state index in [9.17, 15) is 9.59 Å². The number of carbonyl (C=O) groups excluding carboxylic acids is 2. The van der Waals surface area contributed by atoms with Crippen molar-refractivity contribution in [3.05, 3.63) is 28.5 Å². The van der Waals surface area contributed by atoms with Crippen LogP contribution in [0.3, 0.4) is 0 Å². The van der Waals surface area contributed by atoms with E-state index in [2.05, 4.69) is 4.98 Å². The first-order chi connectivity index (χ1) is 12.6. The predicted molar refractivity (Wildman–Crippen MR) is 102 cm³/mol. The molecule has 2 amide bonds. The second-order valence-corrected chi connectivity index (χ2v) is 8.04. The van der Waals surface area contributed by atoms with Crippen molar-refractivity contribution in [2.24, 2.45) is 5.92 Å². The summed E-state index contributed by atoms with van der Waals surface area (Å²) in [4.78, 5) is 33.7. The lowest BCUT2D eigenvalue weighted by Crippen LogP contribution is -2.51. The molecule has 1 aliphatic heterocycles. The molecule has 2 aliphatic rings. The van der Waals surface area contributed by atoms with Gasteiger partial charge in [-0.15, -0.1) is 11.3 Å². The van der Waals surface area contributed by atoms with E-state index in [1.54, 1.807) is 17.1 Å². The number of piperazine rings is 1. The number of imidazole rings is 1. The van der Waals surface area contributed by atoms with Crippen LogP contribution < -0.4 is 0 Å². The summed E-state index contributed by atoms with van der Waals surface area (Å²) < 4.78 is 1.87. The lowest BCUT2D eigenvalue weighted by molar-refractivity contribution is -0.140. The highest BCUT2D eigenvalue weighted by Gasteiger charge is 2.30. The number of thiazole rings is 1. The van der Waals surface area contributed by atoms with Gasteiger partial charge in [-0.25, -0.2) is 4.98 Å². The molecule has 0 radical (unpaired) electrons. The van der Waals surface area contributed by atoms with Crippen molar-refractivity contribution in [1.29, 1.82) is 0 Å². The van der Waals surface area contributed by atoms with Gasteiger partial charge in [0, 0.05) is 49.7 Å². The lowest BCUT2D eigenvalue weighted by atomic mass is 10.1. The molecule has 2 fully saturated rings. The summed E-state index contributed by atoms with van der Waals surface area (Å²) in [5.41, 5.74) is 0.714. The number of halogens is 1. The molecular formula is C18H21ClN4O2S. The number of amides is 2. The smallest absolute Gasteiger partial charge is 0.246 e. The van der Waals surface area contributed by atoms with E-state index in [0.29, 0.717) is 37.0 Å². The molecule has 2 aromatic rings. The van der Waals surface area contributed by atoms with E-state index in [1.165, 1.54) is 11.3 Å². The number of aromatic nitrogens is 2. The molecule has 0 spiro atoms. The maximum Gasteiger partial charge on any atom is 0.246 e. The number of nitrogens with zero attached hydrogens (tertiary/aromatic N) is 4. The average Bonchev–Trinajstić information content (AvgIpc) is 3.37. The highest BCUT2D eigenvalue weighted by molar-refractivity contribution is 7.15. The zero-order valence-electron chi connectivity index (χ0n) is 14.4. The molecule has 0 unspecified atom stereocenters. The van der Waals surface area contributed by atoms with Crippen LogP contribution in [0.2, 0.25) is 5.15 Å². The molecule has 138 valence electrons. The van der Waals surface area contributed by atoms with E-state index < -0.39 is 0 Å². The van der Waals surface area contributed by atoms with Crippen LogP contribution in [0.25, 0.3) is 11.0 Å². The molecule has 26 heavy (non-hydrogen) atoms. The molecule has 0 atom stereocenters. The Hall–Kier alpha value is -1.86. The topological polar surface area (TPSA) is 57.9 Å². The number of rotatable bonds is 3. The molecule has 3 heterocycles. The quantitative estimate of drug-likeness (QED) is 0.754. The van der Waals surface area contributed by atoms with Crippen molar-refractivity contribution >= 4 is 45.8 Å². The summed E-state index contributed by atoms with van der Waals surface area (Å²) in [5, 5.41) is 2.33. The number of hydrogen-bond donors (Lipinski definition) is 0. The van der Waals surface area contributed by atoms with Crippen molar-refractivity contribution in [3.8, 4) is 0 Å². The van der Waals surface area contributed by atoms with Gasteiger partial charge in [0.15, 0.2) is 10.1 Å². The zero-order chi connectivity index (χ0) is 18.1. The second kappa shape index (κ2) is 7.40. The molecule has 0 bridgehead atoms. The van der Waals surface area contributed by atoms with Gasteiger partial charge >= 0.3 is 0 Å². The van der Waals surface area contributed by atoms with E-state index in [4.69, 9.17) is 11.6 Å². The van der Waals surface area contributed by atoms with Gasteiger partial charge < -0.3 is 9.80 Å². The summed E-state index contributed by atoms with van der Waals surface area (Å²) in [6, 6.07) is 0. The molecule has 6 nitrogen and oxygen atoms in total. The van der Waals surface area contributed by atoms with E-state index in [1.807, 2.05) is 20.9 Å². The van der Waals surface area contributed by atoms with Gasteiger partial charge in [-0.3, -0.25) is 14.0 Å². The molecule has 0 aromatic carbocycles. The molecule has 1 saturated heterocycles. The first-order valence-corrected chi connectivity index (χ1v) is 10.3. The molecule has 0 N–H and O–H groups in total. The maximum atomic E-state index is 12.5. The Kier molecular flexibility index (Phi) is 5.00. The van der Waals surface area contributed by atoms with Gasteiger partial charge in [-0.2, -0.15) is 0 Å². The minimum atomic E-state index is -0.0563. The summed E-state index contributed by atoms with van der Waals surface area (Å²) in [5.74, 6) is 0.421. The minimum Gasteiger partial charge on any atom is -0.339 e. The zero-order valence-corrected chi connectivity index (χ0v) is 16.0. The largest absolute Gasteiger partial charge is 0.339 e. The Bertz CT molecular complexity index is 845. The van der Waals surface area contributed by atoms with Gasteiger partial charge in [-0.1, -0.05) is 24.4 Å². The van der Waals surface area contributed by atoms with Crippen LogP contribution in [0.4, 0.5) is 0 Å². The third kappa shape index (κ3) is 3.38. The van der Waals surface area contributed by atoms with Crippen molar-refractivity contribution in [2.45, 2.75) is 25.7 Å². The van der Waals surface area contributed by atoms with E-state index in [0.717, 1.165) is 30.6 Å². The van der Waals surface area contributed by atoms with Gasteiger partial charge in [0.25, 0.3) is 0 Å². The Balaban J connectivity index is 1.35. The average molecular weight is 393 g/mol. The number of fused-ring (bicyclic) bond motifs is 1. The van der Waals surface area contributed by atoms with E-state index >= 15 is 0 Å². The molecule has 2 aromatic heterocycles. The standard InChI is InChI=1S/C18H21ClN4O2S/c19-16-14(23-11-12-26-18(23)20-16)5-6-15(24)21-7-9-22(10-8-21)17(25)13-3-1-2-4-13/h5-6,11-13H,1-4,7-10H2/b6-5+. The molecule has 1 saturated carbocycles. The fourth-order valence-electron chi connectivity index (χ4n) is 3.76. The normalized spacial score (nSPS) is 19.1. The molecule has 8 heteroatoms. The predicted octanol–water partition coefficient (Wildman–Crippen LogP) is 2.92. The molecule has 1 aliphatic carbocycles. The van der Waals surface area contributed by atoms with Crippen LogP contribution in [-0.4, -0.2) is 57.2 Å². The minimum absolute atomic E-state index is 0.0563. The third-order valence-corrected chi connectivity index (χ3v) is 6.28. The summed E-state index contributed by atoms with van der Waals surface area (Å²) in [6.07, 6.45) is 9.50. The van der Waals surface area contributed by atoms with Crippen molar-refractivity contribution in [2.75, 3.05) is 26.2 Å². The SMILES string of the molecule is O=C(/C=C/c1c(Cl)nc2sccn12)N1CCN(C(=O)C2CCCC2)CC1. The van der Waals surface area contributed by atoms with Crippen LogP contribution in [0.15, 0.2) is 17.7 Å². The van der Waals surface area contributed by atoms with E-state index in [-0.39, 0.29) is 17.7 Å². The van der Waals surface area contributed by atoms with Crippen LogP contribution in [0.1, 0.15) is 31.4 Å². The Labute approximate surface area is 161 Å². The summed E-state index contributed by atoms with van der Waals surface area (Å²) in [7, 11) is 0. The first kappa shape index (κ1) is 17.5. The van der Waals surface area contributed by atoms with Crippen molar-refractivity contribution in [3.63, 3.8) is 0 Å². The highest BCUT2D eigenvalue weighted by atomic mass is 35.5.